The molecule has 0 aromatic rings. The number of carboxylic acids is 2. The molecular weight excluding hydrogens is 185 g/mol. The zero-order valence-corrected chi connectivity index (χ0v) is 6.82. The van der Waals surface area contributed by atoms with E-state index in [9.17, 15) is 14.2 Å². The van der Waals surface area contributed by atoms with Gasteiger partial charge in [-0.1, -0.05) is 0 Å². The van der Waals surface area contributed by atoms with E-state index in [1.54, 1.807) is 0 Å². The SMILES string of the molecule is O=P#CN(CC(=O)O)CC(=O)O. The Morgan fingerprint density at radius 2 is 1.67 bits per heavy atom. The summed E-state index contributed by atoms with van der Waals surface area (Å²) in [4.78, 5) is 21.0. The van der Waals surface area contributed by atoms with Gasteiger partial charge in [0.15, 0.2) is 0 Å². The molecule has 0 aromatic carbocycles. The van der Waals surface area contributed by atoms with E-state index in [-0.39, 0.29) is 0 Å². The first-order chi connectivity index (χ1) is 5.56. The van der Waals surface area contributed by atoms with Crippen molar-refractivity contribution in [3.8, 4) is 5.75 Å². The summed E-state index contributed by atoms with van der Waals surface area (Å²) in [5, 5.41) is 16.5. The maximum absolute atomic E-state index is 10.1. The minimum atomic E-state index is -1.20. The van der Waals surface area contributed by atoms with Crippen molar-refractivity contribution in [2.45, 2.75) is 0 Å². The van der Waals surface area contributed by atoms with Gasteiger partial charge in [-0.05, 0) is 0 Å². The second-order valence-corrected chi connectivity index (χ2v) is 2.22. The number of carbonyl (C=O) groups is 2. The summed E-state index contributed by atoms with van der Waals surface area (Å²) < 4.78 is 9.94. The summed E-state index contributed by atoms with van der Waals surface area (Å²) in [7, 11) is -0.535. The van der Waals surface area contributed by atoms with E-state index in [4.69, 9.17) is 10.2 Å². The molecule has 0 amide bonds. The van der Waals surface area contributed by atoms with Crippen LogP contribution < -0.4 is 0 Å². The minimum absolute atomic E-state index is 0.526. The normalized spacial score (nSPS) is 9.08. The van der Waals surface area contributed by atoms with E-state index in [2.05, 4.69) is 0 Å². The van der Waals surface area contributed by atoms with Gasteiger partial charge < -0.3 is 0 Å². The molecule has 0 aliphatic heterocycles. The van der Waals surface area contributed by atoms with Crippen LogP contribution in [-0.2, 0) is 14.2 Å². The van der Waals surface area contributed by atoms with Crippen molar-refractivity contribution in [2.75, 3.05) is 13.1 Å². The molecule has 0 saturated heterocycles. The second-order valence-electron chi connectivity index (χ2n) is 1.83. The van der Waals surface area contributed by atoms with Crippen LogP contribution in [0.3, 0.4) is 0 Å². The van der Waals surface area contributed by atoms with Crippen molar-refractivity contribution in [3.63, 3.8) is 0 Å². The zero-order chi connectivity index (χ0) is 9.56. The number of nitrogens with zero attached hydrogens (tertiary/aromatic N) is 1. The quantitative estimate of drug-likeness (QED) is 0.466. The second kappa shape index (κ2) is 5.55. The van der Waals surface area contributed by atoms with Crippen LogP contribution in [0.15, 0.2) is 0 Å². The van der Waals surface area contributed by atoms with Crippen molar-refractivity contribution < 1.29 is 24.4 Å². The third kappa shape index (κ3) is 5.68. The number of carboxylic acid groups (broad SMARTS) is 2. The molecular formula is C5H6NO5P. The zero-order valence-electron chi connectivity index (χ0n) is 5.93. The average Bonchev–Trinajstić information content (AvgIpc) is 1.84. The Morgan fingerprint density at radius 1 is 1.25 bits per heavy atom. The molecule has 0 radical (unpaired) electrons. The molecule has 0 heterocycles. The number of hydrogen-bond acceptors (Lipinski definition) is 4. The molecule has 6 nitrogen and oxygen atoms in total. The molecule has 0 atom stereocenters. The fraction of sp³-hybridized carbons (Fsp3) is 0.400. The van der Waals surface area contributed by atoms with Crippen LogP contribution in [0.2, 0.25) is 0 Å². The van der Waals surface area contributed by atoms with E-state index in [1.807, 2.05) is 5.75 Å². The van der Waals surface area contributed by atoms with Crippen molar-refractivity contribution in [3.05, 3.63) is 0 Å². The summed E-state index contributed by atoms with van der Waals surface area (Å²) in [5.41, 5.74) is 0. The third-order valence-electron chi connectivity index (χ3n) is 0.834. The van der Waals surface area contributed by atoms with Gasteiger partial charge in [0.2, 0.25) is 0 Å². The molecule has 0 saturated carbocycles. The molecule has 66 valence electrons. The van der Waals surface area contributed by atoms with Crippen molar-refractivity contribution in [1.29, 1.82) is 0 Å². The van der Waals surface area contributed by atoms with E-state index in [0.717, 1.165) is 4.90 Å². The van der Waals surface area contributed by atoms with Gasteiger partial charge in [-0.15, -0.1) is 0 Å². The van der Waals surface area contributed by atoms with Crippen LogP contribution in [0.4, 0.5) is 0 Å². The van der Waals surface area contributed by atoms with Gasteiger partial charge in [0.25, 0.3) is 0 Å². The predicted molar refractivity (Wildman–Crippen MR) is 38.3 cm³/mol. The first-order valence-electron chi connectivity index (χ1n) is 2.82. The Bertz CT molecular complexity index is 265. The van der Waals surface area contributed by atoms with Crippen molar-refractivity contribution >= 4 is 19.9 Å². The molecule has 0 rings (SSSR count). The summed E-state index contributed by atoms with van der Waals surface area (Å²) in [6.45, 7) is -1.05. The predicted octanol–water partition coefficient (Wildman–Crippen LogP) is -0.334. The van der Waals surface area contributed by atoms with Gasteiger partial charge in [0.1, 0.15) is 0 Å². The number of rotatable bonds is 4. The molecule has 2 N–H and O–H groups in total. The van der Waals surface area contributed by atoms with Gasteiger partial charge >= 0.3 is 68.0 Å². The molecule has 0 spiro atoms. The molecule has 0 fully saturated rings. The maximum atomic E-state index is 10.1. The monoisotopic (exact) mass is 191 g/mol. The molecule has 0 unspecified atom stereocenters. The summed E-state index contributed by atoms with van der Waals surface area (Å²) in [6, 6.07) is 0. The van der Waals surface area contributed by atoms with Crippen LogP contribution >= 0.6 is 7.92 Å². The van der Waals surface area contributed by atoms with Gasteiger partial charge in [0, 0.05) is 0 Å². The molecule has 0 aliphatic rings. The molecule has 0 aromatic heterocycles. The first kappa shape index (κ1) is 10.9. The number of hydrogen-bond donors (Lipinski definition) is 2. The fourth-order valence-electron chi connectivity index (χ4n) is 0.511. The first-order valence-corrected chi connectivity index (χ1v) is 3.64. The topological polar surface area (TPSA) is 94.9 Å². The summed E-state index contributed by atoms with van der Waals surface area (Å²) in [6.07, 6.45) is 0. The Balaban J connectivity index is 4.19. The van der Waals surface area contributed by atoms with E-state index in [1.165, 1.54) is 0 Å². The van der Waals surface area contributed by atoms with Crippen molar-refractivity contribution in [2.24, 2.45) is 0 Å². The van der Waals surface area contributed by atoms with Crippen LogP contribution in [0.25, 0.3) is 0 Å². The van der Waals surface area contributed by atoms with E-state index >= 15 is 0 Å². The average molecular weight is 191 g/mol. The Labute approximate surface area is 68.9 Å². The molecule has 0 aliphatic carbocycles. The van der Waals surface area contributed by atoms with Gasteiger partial charge in [0.05, 0.1) is 0 Å². The summed E-state index contributed by atoms with van der Waals surface area (Å²) in [5.74, 6) is -0.369. The van der Waals surface area contributed by atoms with Crippen LogP contribution in [0.5, 0.6) is 0 Å². The van der Waals surface area contributed by atoms with E-state index < -0.39 is 32.9 Å². The Hall–Kier alpha value is -1.09. The Kier molecular flexibility index (Phi) is 5.04. The molecule has 0 bridgehead atoms. The summed E-state index contributed by atoms with van der Waals surface area (Å²) >= 11 is 0. The number of aliphatic carboxylic acids is 2. The fourth-order valence-corrected chi connectivity index (χ4v) is 0.768. The van der Waals surface area contributed by atoms with Crippen LogP contribution in [0.1, 0.15) is 0 Å². The van der Waals surface area contributed by atoms with E-state index in [0.29, 0.717) is 0 Å². The standard InChI is InChI=1S/C5H6NO5P/c7-4(8)1-6(3-12-11)2-5(9)10/h1-2H2,(H,7,8)(H,9,10). The van der Waals surface area contributed by atoms with Crippen LogP contribution in [-0.4, -0.2) is 40.1 Å². The van der Waals surface area contributed by atoms with Gasteiger partial charge in [-0.2, -0.15) is 0 Å². The van der Waals surface area contributed by atoms with Gasteiger partial charge in [-0.3, -0.25) is 0 Å². The third-order valence-corrected chi connectivity index (χ3v) is 1.20. The molecule has 7 heteroatoms. The molecule has 12 heavy (non-hydrogen) atoms. The van der Waals surface area contributed by atoms with Crippen LogP contribution in [0, 0.1) is 5.75 Å². The van der Waals surface area contributed by atoms with Gasteiger partial charge in [-0.25, -0.2) is 0 Å². The van der Waals surface area contributed by atoms with Crippen molar-refractivity contribution in [1.82, 2.24) is 4.90 Å². The Morgan fingerprint density at radius 3 is 1.92 bits per heavy atom.